The van der Waals surface area contributed by atoms with Gasteiger partial charge in [-0.05, 0) is 12.8 Å². The van der Waals surface area contributed by atoms with Crippen molar-refractivity contribution in [1.82, 2.24) is 10.4 Å². The van der Waals surface area contributed by atoms with E-state index in [0.717, 1.165) is 22.5 Å². The van der Waals surface area contributed by atoms with Crippen LogP contribution in [0, 0.1) is 0 Å². The number of amides is 3. The van der Waals surface area contributed by atoms with E-state index >= 15 is 0 Å². The summed E-state index contributed by atoms with van der Waals surface area (Å²) >= 11 is 0. The third-order valence-electron chi connectivity index (χ3n) is 2.64. The van der Waals surface area contributed by atoms with Crippen molar-refractivity contribution in [3.63, 3.8) is 0 Å². The Kier molecular flexibility index (Phi) is 6.23. The molecule has 0 fully saturated rings. The van der Waals surface area contributed by atoms with Crippen LogP contribution in [0.3, 0.4) is 0 Å². The lowest BCUT2D eigenvalue weighted by Crippen LogP contribution is -2.37. The Morgan fingerprint density at radius 1 is 1.14 bits per heavy atom. The molecule has 7 nitrogen and oxygen atoms in total. The quantitative estimate of drug-likeness (QED) is 0.393. The minimum atomic E-state index is -5.08. The Balaban J connectivity index is 2.10. The molecule has 0 saturated carbocycles. The molecular weight excluding hydrogens is 309 g/mol. The fourth-order valence-corrected chi connectivity index (χ4v) is 1.56. The van der Waals surface area contributed by atoms with Gasteiger partial charge >= 0.3 is 12.1 Å². The van der Waals surface area contributed by atoms with E-state index in [1.165, 1.54) is 0 Å². The van der Waals surface area contributed by atoms with Gasteiger partial charge in [0.2, 0.25) is 0 Å². The van der Waals surface area contributed by atoms with Crippen molar-refractivity contribution in [2.24, 2.45) is 0 Å². The third-order valence-corrected chi connectivity index (χ3v) is 2.64. The fraction of sp³-hybridized carbons (Fsp3) is 0.500. The third kappa shape index (κ3) is 5.64. The van der Waals surface area contributed by atoms with Crippen LogP contribution in [-0.2, 0) is 24.0 Å². The minimum Gasteiger partial charge on any atom is -0.297 e. The van der Waals surface area contributed by atoms with Crippen molar-refractivity contribution in [2.45, 2.75) is 25.4 Å². The zero-order valence-corrected chi connectivity index (χ0v) is 11.3. The maximum Gasteiger partial charge on any atom is 0.473 e. The van der Waals surface area contributed by atoms with Crippen molar-refractivity contribution in [3.8, 4) is 0 Å². The average molecular weight is 322 g/mol. The number of carbonyl (C=O) groups is 4. The van der Waals surface area contributed by atoms with E-state index in [9.17, 15) is 32.3 Å². The normalized spacial score (nSPS) is 14.6. The van der Waals surface area contributed by atoms with Crippen LogP contribution in [0.15, 0.2) is 12.2 Å². The lowest BCUT2D eigenvalue weighted by atomic mass is 10.2. The summed E-state index contributed by atoms with van der Waals surface area (Å²) in [6.07, 6.45) is -2.10. The molecule has 0 unspecified atom stereocenters. The number of hydroxylamine groups is 1. The van der Waals surface area contributed by atoms with E-state index in [1.54, 1.807) is 0 Å². The molecule has 0 aromatic rings. The highest BCUT2D eigenvalue weighted by Crippen LogP contribution is 2.13. The summed E-state index contributed by atoms with van der Waals surface area (Å²) < 4.78 is 35.4. The van der Waals surface area contributed by atoms with Gasteiger partial charge in [0.25, 0.3) is 11.8 Å². The molecule has 0 bridgehead atoms. The molecule has 1 aliphatic heterocycles. The number of ketones is 1. The van der Waals surface area contributed by atoms with Crippen molar-refractivity contribution in [1.29, 1.82) is 0 Å². The van der Waals surface area contributed by atoms with Crippen LogP contribution in [0.2, 0.25) is 0 Å². The number of alkyl halides is 3. The first-order valence-corrected chi connectivity index (χ1v) is 6.26. The Morgan fingerprint density at radius 3 is 2.27 bits per heavy atom. The van der Waals surface area contributed by atoms with Crippen LogP contribution < -0.4 is 5.48 Å². The summed E-state index contributed by atoms with van der Waals surface area (Å²) in [4.78, 5) is 49.2. The van der Waals surface area contributed by atoms with Crippen LogP contribution in [0.5, 0.6) is 0 Å². The molecule has 0 atom stereocenters. The number of imide groups is 1. The summed E-state index contributed by atoms with van der Waals surface area (Å²) in [5.74, 6) is -3.65. The van der Waals surface area contributed by atoms with Gasteiger partial charge in [-0.3, -0.25) is 28.9 Å². The molecule has 10 heteroatoms. The predicted octanol–water partition coefficient (Wildman–Crippen LogP) is 0.261. The van der Waals surface area contributed by atoms with Crippen molar-refractivity contribution >= 4 is 23.5 Å². The van der Waals surface area contributed by atoms with Crippen molar-refractivity contribution < 1.29 is 37.2 Å². The molecule has 0 saturated heterocycles. The van der Waals surface area contributed by atoms with Gasteiger partial charge in [-0.25, -0.2) is 5.48 Å². The van der Waals surface area contributed by atoms with Crippen molar-refractivity contribution in [3.05, 3.63) is 12.2 Å². The zero-order chi connectivity index (χ0) is 16.8. The van der Waals surface area contributed by atoms with Gasteiger partial charge in [0.15, 0.2) is 5.78 Å². The van der Waals surface area contributed by atoms with Gasteiger partial charge in [0.1, 0.15) is 6.61 Å². The summed E-state index contributed by atoms with van der Waals surface area (Å²) in [5.41, 5.74) is 1.11. The van der Waals surface area contributed by atoms with E-state index < -0.39 is 36.3 Å². The summed E-state index contributed by atoms with van der Waals surface area (Å²) in [5, 5.41) is 0. The van der Waals surface area contributed by atoms with E-state index in [2.05, 4.69) is 4.84 Å². The zero-order valence-electron chi connectivity index (χ0n) is 11.3. The van der Waals surface area contributed by atoms with E-state index in [-0.39, 0.29) is 13.0 Å². The molecule has 1 heterocycles. The van der Waals surface area contributed by atoms with E-state index in [0.29, 0.717) is 12.8 Å². The lowest BCUT2D eigenvalue weighted by Gasteiger charge is -2.12. The SMILES string of the molecule is O=C(CCCCN1C(=O)C=CC1=O)CONC(=O)C(F)(F)F. The number of hydrogen-bond acceptors (Lipinski definition) is 5. The Labute approximate surface area is 123 Å². The molecule has 122 valence electrons. The molecule has 1 rings (SSSR count). The Hall–Kier alpha value is -2.23. The number of nitrogens with one attached hydrogen (secondary N) is 1. The summed E-state index contributed by atoms with van der Waals surface area (Å²) in [6, 6.07) is 0. The fourth-order valence-electron chi connectivity index (χ4n) is 1.56. The maximum absolute atomic E-state index is 11.8. The highest BCUT2D eigenvalue weighted by atomic mass is 19.4. The molecule has 0 aliphatic carbocycles. The second-order valence-corrected chi connectivity index (χ2v) is 4.37. The first-order chi connectivity index (χ1) is 10.2. The largest absolute Gasteiger partial charge is 0.473 e. The smallest absolute Gasteiger partial charge is 0.297 e. The Morgan fingerprint density at radius 2 is 1.73 bits per heavy atom. The van der Waals surface area contributed by atoms with Gasteiger partial charge in [-0.2, -0.15) is 13.2 Å². The summed E-state index contributed by atoms with van der Waals surface area (Å²) in [6.45, 7) is -0.533. The highest BCUT2D eigenvalue weighted by Gasteiger charge is 2.39. The number of unbranched alkanes of at least 4 members (excludes halogenated alkanes) is 1. The topological polar surface area (TPSA) is 92.8 Å². The van der Waals surface area contributed by atoms with Crippen LogP contribution in [0.25, 0.3) is 0 Å². The van der Waals surface area contributed by atoms with Gasteiger partial charge in [-0.15, -0.1) is 0 Å². The van der Waals surface area contributed by atoms with Crippen LogP contribution in [-0.4, -0.2) is 47.7 Å². The van der Waals surface area contributed by atoms with Gasteiger partial charge in [0.05, 0.1) is 0 Å². The lowest BCUT2D eigenvalue weighted by molar-refractivity contribution is -0.186. The van der Waals surface area contributed by atoms with E-state index in [4.69, 9.17) is 0 Å². The first-order valence-electron chi connectivity index (χ1n) is 6.26. The average Bonchev–Trinajstić information content (AvgIpc) is 2.73. The van der Waals surface area contributed by atoms with Gasteiger partial charge in [-0.1, -0.05) is 0 Å². The molecule has 3 amide bonds. The predicted molar refractivity (Wildman–Crippen MR) is 64.9 cm³/mol. The molecule has 22 heavy (non-hydrogen) atoms. The van der Waals surface area contributed by atoms with Crippen LogP contribution in [0.1, 0.15) is 19.3 Å². The second-order valence-electron chi connectivity index (χ2n) is 4.37. The van der Waals surface area contributed by atoms with Crippen molar-refractivity contribution in [2.75, 3.05) is 13.2 Å². The molecule has 0 radical (unpaired) electrons. The first kappa shape index (κ1) is 17.8. The minimum absolute atomic E-state index is 0.00839. The van der Waals surface area contributed by atoms with Gasteiger partial charge in [0, 0.05) is 25.1 Å². The van der Waals surface area contributed by atoms with Crippen LogP contribution >= 0.6 is 0 Å². The number of Topliss-reactive ketones (excluding diaryl/α,β-unsaturated/α-hetero) is 1. The molecule has 0 aromatic heterocycles. The molecule has 0 spiro atoms. The number of rotatable bonds is 8. The number of halogens is 3. The van der Waals surface area contributed by atoms with Gasteiger partial charge < -0.3 is 0 Å². The molecule has 1 aliphatic rings. The number of carbonyl (C=O) groups excluding carboxylic acids is 4. The molecule has 0 aromatic carbocycles. The number of hydrogen-bond donors (Lipinski definition) is 1. The number of nitrogens with zero attached hydrogens (tertiary/aromatic N) is 1. The standard InChI is InChI=1S/C12H13F3N2O5/c13-12(14,15)11(21)16-22-7-8(18)3-1-2-6-17-9(19)4-5-10(17)20/h4-5H,1-3,6-7H2,(H,16,21). The molecule has 1 N–H and O–H groups in total. The maximum atomic E-state index is 11.8. The van der Waals surface area contributed by atoms with Crippen LogP contribution in [0.4, 0.5) is 13.2 Å². The second kappa shape index (κ2) is 7.69. The highest BCUT2D eigenvalue weighted by molar-refractivity contribution is 6.12. The summed E-state index contributed by atoms with van der Waals surface area (Å²) in [7, 11) is 0. The molecular formula is C12H13F3N2O5. The monoisotopic (exact) mass is 322 g/mol. The van der Waals surface area contributed by atoms with E-state index in [1.807, 2.05) is 0 Å². The Bertz CT molecular complexity index is 483.